The summed E-state index contributed by atoms with van der Waals surface area (Å²) in [5, 5.41) is 3.05. The molecule has 0 fully saturated rings. The van der Waals surface area contributed by atoms with Crippen molar-refractivity contribution >= 4 is 27.4 Å². The molecule has 0 unspecified atom stereocenters. The van der Waals surface area contributed by atoms with Crippen LogP contribution in [0.4, 0.5) is 5.82 Å². The summed E-state index contributed by atoms with van der Waals surface area (Å²) in [6.07, 6.45) is 1.90. The van der Waals surface area contributed by atoms with Crippen molar-refractivity contribution in [3.8, 4) is 0 Å². The number of nitrogens with one attached hydrogen (secondary N) is 2. The van der Waals surface area contributed by atoms with Gasteiger partial charge in [-0.05, 0) is 18.1 Å². The third kappa shape index (κ3) is 4.17. The topological polar surface area (TPSA) is 71.1 Å². The van der Waals surface area contributed by atoms with Gasteiger partial charge >= 0.3 is 0 Å². The molecule has 0 atom stereocenters. The lowest BCUT2D eigenvalue weighted by atomic mass is 10.2. The second-order valence-corrected chi connectivity index (χ2v) is 6.56. The van der Waals surface area contributed by atoms with E-state index in [0.29, 0.717) is 18.8 Å². The molecule has 2 aromatic rings. The normalized spacial score (nSPS) is 11.3. The molecule has 0 aliphatic carbocycles. The highest BCUT2D eigenvalue weighted by atomic mass is 35.5. The largest absolute Gasteiger partial charge is 0.372 e. The van der Waals surface area contributed by atoms with E-state index in [1.807, 2.05) is 30.3 Å². The molecule has 1 aromatic carbocycles. The maximum absolute atomic E-state index is 12.1. The molecule has 0 saturated heterocycles. The standard InChI is InChI=1S/C14H16ClN3O2S/c1-16-14-13(15)9-12(10-17-14)21(19,20)18-8-7-11-5-3-2-4-6-11/h2-6,9-10,18H,7-8H2,1H3,(H,16,17). The molecular formula is C14H16ClN3O2S. The average Bonchev–Trinajstić information content (AvgIpc) is 2.48. The molecule has 112 valence electrons. The van der Waals surface area contributed by atoms with E-state index < -0.39 is 10.0 Å². The molecule has 21 heavy (non-hydrogen) atoms. The van der Waals surface area contributed by atoms with Gasteiger partial charge in [-0.15, -0.1) is 0 Å². The number of sulfonamides is 1. The fraction of sp³-hybridized carbons (Fsp3) is 0.214. The smallest absolute Gasteiger partial charge is 0.242 e. The fourth-order valence-electron chi connectivity index (χ4n) is 1.81. The van der Waals surface area contributed by atoms with Crippen LogP contribution in [0.2, 0.25) is 5.02 Å². The minimum absolute atomic E-state index is 0.0551. The van der Waals surface area contributed by atoms with Gasteiger partial charge in [0.25, 0.3) is 0 Å². The van der Waals surface area contributed by atoms with E-state index >= 15 is 0 Å². The van der Waals surface area contributed by atoms with Crippen LogP contribution >= 0.6 is 11.6 Å². The van der Waals surface area contributed by atoms with Crippen molar-refractivity contribution in [2.24, 2.45) is 0 Å². The first-order valence-electron chi connectivity index (χ1n) is 6.40. The van der Waals surface area contributed by atoms with Crippen LogP contribution < -0.4 is 10.0 Å². The molecule has 0 radical (unpaired) electrons. The van der Waals surface area contributed by atoms with Crippen LogP contribution in [0.15, 0.2) is 47.5 Å². The summed E-state index contributed by atoms with van der Waals surface area (Å²) in [5.41, 5.74) is 1.07. The summed E-state index contributed by atoms with van der Waals surface area (Å²) >= 11 is 5.95. The fourth-order valence-corrected chi connectivity index (χ4v) is 3.14. The van der Waals surface area contributed by atoms with E-state index in [-0.39, 0.29) is 9.92 Å². The summed E-state index contributed by atoms with van der Waals surface area (Å²) < 4.78 is 26.8. The van der Waals surface area contributed by atoms with Crippen molar-refractivity contribution in [3.05, 3.63) is 53.2 Å². The monoisotopic (exact) mass is 325 g/mol. The quantitative estimate of drug-likeness (QED) is 0.855. The summed E-state index contributed by atoms with van der Waals surface area (Å²) in [6, 6.07) is 11.0. The molecule has 0 spiro atoms. The molecule has 1 heterocycles. The summed E-state index contributed by atoms with van der Waals surface area (Å²) in [5.74, 6) is 0.444. The summed E-state index contributed by atoms with van der Waals surface area (Å²) in [6.45, 7) is 0.317. The van der Waals surface area contributed by atoms with Crippen LogP contribution in [-0.2, 0) is 16.4 Å². The molecule has 7 heteroatoms. The number of rotatable bonds is 6. The van der Waals surface area contributed by atoms with E-state index in [1.165, 1.54) is 12.3 Å². The Balaban J connectivity index is 2.03. The Morgan fingerprint density at radius 1 is 1.24 bits per heavy atom. The maximum atomic E-state index is 12.1. The number of aromatic nitrogens is 1. The van der Waals surface area contributed by atoms with Gasteiger partial charge in [-0.2, -0.15) is 0 Å². The van der Waals surface area contributed by atoms with Gasteiger partial charge in [0, 0.05) is 19.8 Å². The lowest BCUT2D eigenvalue weighted by molar-refractivity contribution is 0.581. The van der Waals surface area contributed by atoms with Crippen LogP contribution in [0, 0.1) is 0 Å². The zero-order valence-corrected chi connectivity index (χ0v) is 13.1. The maximum Gasteiger partial charge on any atom is 0.242 e. The number of hydrogen-bond donors (Lipinski definition) is 2. The van der Waals surface area contributed by atoms with Crippen LogP contribution in [0.3, 0.4) is 0 Å². The molecular weight excluding hydrogens is 310 g/mol. The van der Waals surface area contributed by atoms with E-state index in [0.717, 1.165) is 5.56 Å². The highest BCUT2D eigenvalue weighted by Gasteiger charge is 2.15. The summed E-state index contributed by atoms with van der Waals surface area (Å²) in [7, 11) is -1.94. The van der Waals surface area contributed by atoms with Gasteiger partial charge in [-0.25, -0.2) is 18.1 Å². The van der Waals surface area contributed by atoms with E-state index in [1.54, 1.807) is 7.05 Å². The Kier molecular flexibility index (Phi) is 5.17. The SMILES string of the molecule is CNc1ncc(S(=O)(=O)NCCc2ccccc2)cc1Cl. The Bertz CT molecular complexity index is 705. The molecule has 0 aliphatic heterocycles. The third-order valence-electron chi connectivity index (χ3n) is 2.91. The second kappa shape index (κ2) is 6.89. The molecule has 0 bridgehead atoms. The molecule has 2 rings (SSSR count). The average molecular weight is 326 g/mol. The van der Waals surface area contributed by atoms with Gasteiger partial charge in [-0.3, -0.25) is 0 Å². The minimum atomic E-state index is -3.60. The van der Waals surface area contributed by atoms with E-state index in [4.69, 9.17) is 11.6 Å². The number of pyridine rings is 1. The number of benzene rings is 1. The second-order valence-electron chi connectivity index (χ2n) is 4.38. The van der Waals surface area contributed by atoms with Gasteiger partial charge in [0.05, 0.1) is 5.02 Å². The highest BCUT2D eigenvalue weighted by Crippen LogP contribution is 2.21. The van der Waals surface area contributed by atoms with Crippen molar-refractivity contribution in [1.82, 2.24) is 9.71 Å². The Morgan fingerprint density at radius 3 is 2.57 bits per heavy atom. The van der Waals surface area contributed by atoms with Gasteiger partial charge < -0.3 is 5.32 Å². The van der Waals surface area contributed by atoms with Crippen molar-refractivity contribution in [1.29, 1.82) is 0 Å². The molecule has 2 N–H and O–H groups in total. The zero-order valence-electron chi connectivity index (χ0n) is 11.5. The zero-order chi connectivity index (χ0) is 15.3. The van der Waals surface area contributed by atoms with Crippen molar-refractivity contribution < 1.29 is 8.42 Å². The van der Waals surface area contributed by atoms with Gasteiger partial charge in [0.2, 0.25) is 10.0 Å². The highest BCUT2D eigenvalue weighted by molar-refractivity contribution is 7.89. The molecule has 1 aromatic heterocycles. The predicted molar refractivity (Wildman–Crippen MR) is 84.1 cm³/mol. The summed E-state index contributed by atoms with van der Waals surface area (Å²) in [4.78, 5) is 4.02. The predicted octanol–water partition coefficient (Wildman–Crippen LogP) is 2.30. The van der Waals surface area contributed by atoms with Gasteiger partial charge in [0.1, 0.15) is 10.7 Å². The number of halogens is 1. The third-order valence-corrected chi connectivity index (χ3v) is 4.63. The van der Waals surface area contributed by atoms with Crippen molar-refractivity contribution in [2.45, 2.75) is 11.3 Å². The van der Waals surface area contributed by atoms with Crippen molar-refractivity contribution in [2.75, 3.05) is 18.9 Å². The molecule has 5 nitrogen and oxygen atoms in total. The number of hydrogen-bond acceptors (Lipinski definition) is 4. The number of nitrogens with zero attached hydrogens (tertiary/aromatic N) is 1. The first-order chi connectivity index (χ1) is 10.0. The van der Waals surface area contributed by atoms with Gasteiger partial charge in [0.15, 0.2) is 0 Å². The molecule has 0 saturated carbocycles. The first kappa shape index (κ1) is 15.8. The van der Waals surface area contributed by atoms with Crippen LogP contribution in [-0.4, -0.2) is 27.0 Å². The number of anilines is 1. The Labute approximate surface area is 129 Å². The van der Waals surface area contributed by atoms with E-state index in [2.05, 4.69) is 15.0 Å². The molecule has 0 amide bonds. The van der Waals surface area contributed by atoms with E-state index in [9.17, 15) is 8.42 Å². The lowest BCUT2D eigenvalue weighted by Crippen LogP contribution is -2.26. The first-order valence-corrected chi connectivity index (χ1v) is 8.26. The van der Waals surface area contributed by atoms with Gasteiger partial charge in [-0.1, -0.05) is 41.9 Å². The minimum Gasteiger partial charge on any atom is -0.372 e. The van der Waals surface area contributed by atoms with Crippen molar-refractivity contribution in [3.63, 3.8) is 0 Å². The molecule has 0 aliphatic rings. The Morgan fingerprint density at radius 2 is 1.95 bits per heavy atom. The lowest BCUT2D eigenvalue weighted by Gasteiger charge is -2.08. The van der Waals surface area contributed by atoms with Crippen LogP contribution in [0.25, 0.3) is 0 Å². The Hall–Kier alpha value is -1.63. The van der Waals surface area contributed by atoms with Crippen LogP contribution in [0.1, 0.15) is 5.56 Å². The van der Waals surface area contributed by atoms with Crippen LogP contribution in [0.5, 0.6) is 0 Å².